The molecule has 0 aliphatic heterocycles. The maximum absolute atomic E-state index is 14.5. The van der Waals surface area contributed by atoms with E-state index in [1.807, 2.05) is 0 Å². The molecule has 0 aromatic heterocycles. The van der Waals surface area contributed by atoms with Crippen LogP contribution in [0.25, 0.3) is 0 Å². The quantitative estimate of drug-likeness (QED) is 0.384. The molecule has 0 aliphatic rings. The van der Waals surface area contributed by atoms with Crippen LogP contribution in [-0.2, 0) is 25.9 Å². The lowest BCUT2D eigenvalue weighted by Crippen LogP contribution is -2.51. The molecule has 0 heterocycles. The molecule has 210 valence electrons. The van der Waals surface area contributed by atoms with Crippen LogP contribution in [0.1, 0.15) is 47.1 Å². The number of carbonyl (C=O) groups excluding carboxylic acids is 2. The van der Waals surface area contributed by atoms with Gasteiger partial charge >= 0.3 is 12.2 Å². The van der Waals surface area contributed by atoms with E-state index in [0.29, 0.717) is 16.4 Å². The molecule has 0 bridgehead atoms. The number of rotatable bonds is 7. The Balaban J connectivity index is 2.57. The zero-order chi connectivity index (χ0) is 29.1. The second-order valence-corrected chi connectivity index (χ2v) is 13.0. The highest BCUT2D eigenvalue weighted by Gasteiger charge is 2.37. The lowest BCUT2D eigenvalue weighted by Gasteiger charge is -2.31. The van der Waals surface area contributed by atoms with Crippen molar-refractivity contribution in [2.75, 3.05) is 6.54 Å². The molecule has 0 saturated heterocycles. The van der Waals surface area contributed by atoms with E-state index < -0.39 is 69.9 Å². The lowest BCUT2D eigenvalue weighted by molar-refractivity contribution is 0.0351. The zero-order valence-corrected chi connectivity index (χ0v) is 24.2. The summed E-state index contributed by atoms with van der Waals surface area (Å²) in [6.07, 6.45) is -2.80. The monoisotopic (exact) mass is 622 g/mol. The average Bonchev–Trinajstić information content (AvgIpc) is 2.73. The lowest BCUT2D eigenvalue weighted by atomic mass is 10.0. The fourth-order valence-corrected chi connectivity index (χ4v) is 5.49. The molecule has 0 fully saturated rings. The van der Waals surface area contributed by atoms with Gasteiger partial charge in [0.05, 0.1) is 12.6 Å². The number of benzene rings is 2. The van der Waals surface area contributed by atoms with Gasteiger partial charge in [-0.1, -0.05) is 12.1 Å². The van der Waals surface area contributed by atoms with Gasteiger partial charge in [0, 0.05) is 10.5 Å². The Labute approximate surface area is 228 Å². The molecular formula is C25H30BrF3N2O6S. The standard InChI is InChI=1S/C25H30BrF3N2O6S/c1-24(2,3)36-22(32)30-16(11-15-12-19(28)20(29)13-18(15)27)14-31(23(33)37-25(4,5)6)38(34,35)21-10-8-7-9-17(21)26/h7-10,12-13,16H,11,14H2,1-6H3,(H,30,32)/t16-/m1/s1. The zero-order valence-electron chi connectivity index (χ0n) is 21.8. The summed E-state index contributed by atoms with van der Waals surface area (Å²) in [7, 11) is -4.59. The summed E-state index contributed by atoms with van der Waals surface area (Å²) in [5, 5.41) is 2.40. The number of halogens is 4. The van der Waals surface area contributed by atoms with Gasteiger partial charge < -0.3 is 14.8 Å². The Morgan fingerprint density at radius 1 is 0.947 bits per heavy atom. The minimum atomic E-state index is -4.59. The van der Waals surface area contributed by atoms with Crippen molar-refractivity contribution in [3.05, 3.63) is 63.9 Å². The van der Waals surface area contributed by atoms with Crippen molar-refractivity contribution in [2.45, 2.75) is 70.1 Å². The highest BCUT2D eigenvalue weighted by Crippen LogP contribution is 2.27. The maximum Gasteiger partial charge on any atom is 0.424 e. The summed E-state index contributed by atoms with van der Waals surface area (Å²) in [6, 6.07) is 5.30. The van der Waals surface area contributed by atoms with E-state index in [0.717, 1.165) is 0 Å². The predicted molar refractivity (Wildman–Crippen MR) is 137 cm³/mol. The third-order valence-electron chi connectivity index (χ3n) is 4.66. The summed E-state index contributed by atoms with van der Waals surface area (Å²) >= 11 is 3.15. The van der Waals surface area contributed by atoms with Crippen molar-refractivity contribution >= 4 is 38.1 Å². The van der Waals surface area contributed by atoms with Crippen molar-refractivity contribution in [1.82, 2.24) is 9.62 Å². The predicted octanol–water partition coefficient (Wildman–Crippen LogP) is 5.93. The minimum absolute atomic E-state index is 0.150. The number of amides is 2. The van der Waals surface area contributed by atoms with Crippen molar-refractivity contribution in [3.63, 3.8) is 0 Å². The van der Waals surface area contributed by atoms with Gasteiger partial charge in [-0.2, -0.15) is 4.31 Å². The van der Waals surface area contributed by atoms with Crippen molar-refractivity contribution in [2.24, 2.45) is 0 Å². The van der Waals surface area contributed by atoms with E-state index in [1.165, 1.54) is 39.0 Å². The number of sulfonamides is 1. The molecule has 0 aliphatic carbocycles. The molecule has 0 unspecified atom stereocenters. The summed E-state index contributed by atoms with van der Waals surface area (Å²) in [5.41, 5.74) is -2.42. The second kappa shape index (κ2) is 11.9. The van der Waals surface area contributed by atoms with E-state index in [2.05, 4.69) is 21.2 Å². The number of nitrogens with zero attached hydrogens (tertiary/aromatic N) is 1. The van der Waals surface area contributed by atoms with Crippen LogP contribution in [0.3, 0.4) is 0 Å². The van der Waals surface area contributed by atoms with Crippen molar-refractivity contribution < 1.29 is 40.7 Å². The van der Waals surface area contributed by atoms with Gasteiger partial charge in [0.25, 0.3) is 10.0 Å². The van der Waals surface area contributed by atoms with E-state index in [4.69, 9.17) is 9.47 Å². The number of hydrogen-bond acceptors (Lipinski definition) is 6. The topological polar surface area (TPSA) is 102 Å². The first-order chi connectivity index (χ1) is 17.3. The minimum Gasteiger partial charge on any atom is -0.444 e. The van der Waals surface area contributed by atoms with Gasteiger partial charge in [-0.15, -0.1) is 0 Å². The molecule has 2 amide bonds. The Kier molecular flexibility index (Phi) is 9.87. The van der Waals surface area contributed by atoms with E-state index in [-0.39, 0.29) is 14.9 Å². The molecule has 0 saturated carbocycles. The first-order valence-electron chi connectivity index (χ1n) is 11.4. The van der Waals surface area contributed by atoms with Crippen LogP contribution in [0.2, 0.25) is 0 Å². The third-order valence-corrected chi connectivity index (χ3v) is 7.41. The SMILES string of the molecule is CC(C)(C)OC(=O)N[C@H](Cc1cc(F)c(F)cc1F)CN(C(=O)OC(C)(C)C)S(=O)(=O)c1ccccc1Br. The Bertz CT molecular complexity index is 1290. The number of alkyl carbamates (subject to hydrolysis) is 1. The van der Waals surface area contributed by atoms with Crippen LogP contribution in [0.4, 0.5) is 22.8 Å². The number of hydrogen-bond donors (Lipinski definition) is 1. The maximum atomic E-state index is 14.5. The molecule has 2 aromatic carbocycles. The molecule has 0 spiro atoms. The van der Waals surface area contributed by atoms with Crippen LogP contribution >= 0.6 is 15.9 Å². The molecule has 1 atom stereocenters. The molecule has 1 N–H and O–H groups in total. The summed E-state index contributed by atoms with van der Waals surface area (Å²) < 4.78 is 80.2. The van der Waals surface area contributed by atoms with Gasteiger partial charge in [-0.25, -0.2) is 31.2 Å². The fraction of sp³-hybridized carbons (Fsp3) is 0.440. The molecule has 2 rings (SSSR count). The van der Waals surface area contributed by atoms with Gasteiger partial charge in [-0.05, 0) is 87.7 Å². The van der Waals surface area contributed by atoms with Gasteiger partial charge in [0.15, 0.2) is 11.6 Å². The second-order valence-electron chi connectivity index (χ2n) is 10.4. The van der Waals surface area contributed by atoms with E-state index in [1.54, 1.807) is 26.8 Å². The Hall–Kier alpha value is -2.80. The van der Waals surface area contributed by atoms with Crippen LogP contribution < -0.4 is 5.32 Å². The Morgan fingerprint density at radius 2 is 1.50 bits per heavy atom. The summed E-state index contributed by atoms with van der Waals surface area (Å²) in [6.45, 7) is 8.59. The molecule has 0 radical (unpaired) electrons. The number of carbonyl (C=O) groups is 2. The fourth-order valence-electron chi connectivity index (χ4n) is 3.18. The smallest absolute Gasteiger partial charge is 0.424 e. The van der Waals surface area contributed by atoms with Crippen molar-refractivity contribution in [3.8, 4) is 0 Å². The third kappa shape index (κ3) is 8.90. The van der Waals surface area contributed by atoms with Crippen LogP contribution in [0, 0.1) is 17.5 Å². The molecule has 2 aromatic rings. The highest BCUT2D eigenvalue weighted by molar-refractivity contribution is 9.10. The summed E-state index contributed by atoms with van der Waals surface area (Å²) in [5.74, 6) is -3.89. The van der Waals surface area contributed by atoms with Crippen LogP contribution in [0.15, 0.2) is 45.8 Å². The van der Waals surface area contributed by atoms with E-state index in [9.17, 15) is 31.2 Å². The largest absolute Gasteiger partial charge is 0.444 e. The van der Waals surface area contributed by atoms with Gasteiger partial charge in [0.2, 0.25) is 0 Å². The first kappa shape index (κ1) is 31.4. The molecular weight excluding hydrogens is 593 g/mol. The van der Waals surface area contributed by atoms with Crippen LogP contribution in [0.5, 0.6) is 0 Å². The normalized spacial score (nSPS) is 13.0. The highest BCUT2D eigenvalue weighted by atomic mass is 79.9. The summed E-state index contributed by atoms with van der Waals surface area (Å²) in [4.78, 5) is 25.4. The Morgan fingerprint density at radius 3 is 2.05 bits per heavy atom. The number of ether oxygens (including phenoxy) is 2. The first-order valence-corrected chi connectivity index (χ1v) is 13.7. The number of nitrogens with one attached hydrogen (secondary N) is 1. The molecule has 38 heavy (non-hydrogen) atoms. The van der Waals surface area contributed by atoms with Crippen molar-refractivity contribution in [1.29, 1.82) is 0 Å². The van der Waals surface area contributed by atoms with Crippen LogP contribution in [-0.4, -0.2) is 48.7 Å². The average molecular weight is 623 g/mol. The molecule has 13 heteroatoms. The van der Waals surface area contributed by atoms with E-state index >= 15 is 0 Å². The molecule has 8 nitrogen and oxygen atoms in total. The van der Waals surface area contributed by atoms with Gasteiger partial charge in [0.1, 0.15) is 21.9 Å². The van der Waals surface area contributed by atoms with Gasteiger partial charge in [-0.3, -0.25) is 0 Å².